The molecule has 2 amide bonds. The summed E-state index contributed by atoms with van der Waals surface area (Å²) in [6.07, 6.45) is 0.197. The number of nitrogens with zero attached hydrogens (tertiary/aromatic N) is 2. The molecule has 0 aliphatic carbocycles. The van der Waals surface area contributed by atoms with Crippen LogP contribution in [-0.2, 0) is 19.1 Å². The normalized spacial score (nSPS) is 15.1. The zero-order valence-corrected chi connectivity index (χ0v) is 11.1. The molecule has 1 aliphatic rings. The van der Waals surface area contributed by atoms with Gasteiger partial charge in [-0.2, -0.15) is 0 Å². The number of ether oxygens (including phenoxy) is 1. The largest absolute Gasteiger partial charge is 0.481 e. The van der Waals surface area contributed by atoms with Crippen molar-refractivity contribution in [2.45, 2.75) is 19.3 Å². The first-order valence-electron chi connectivity index (χ1n) is 6.32. The van der Waals surface area contributed by atoms with Crippen LogP contribution in [0.4, 0.5) is 0 Å². The molecule has 1 N–H and O–H groups in total. The van der Waals surface area contributed by atoms with Gasteiger partial charge in [-0.25, -0.2) is 0 Å². The maximum absolute atomic E-state index is 11.8. The van der Waals surface area contributed by atoms with Crippen molar-refractivity contribution in [2.75, 3.05) is 39.9 Å². The van der Waals surface area contributed by atoms with Crippen LogP contribution in [0.2, 0.25) is 0 Å². The average Bonchev–Trinajstić information content (AvgIpc) is 2.42. The first-order valence-corrected chi connectivity index (χ1v) is 6.32. The molecule has 0 unspecified atom stereocenters. The van der Waals surface area contributed by atoms with Crippen LogP contribution < -0.4 is 0 Å². The molecule has 0 saturated carbocycles. The van der Waals surface area contributed by atoms with Gasteiger partial charge in [0.2, 0.25) is 11.8 Å². The highest BCUT2D eigenvalue weighted by atomic mass is 16.5. The SMILES string of the molecule is CN(CCC(=O)O)C(=O)CCC(=O)N1CCOCC1. The standard InChI is InChI=1S/C12H20N2O5/c1-13(5-4-12(17)18)10(15)2-3-11(16)14-6-8-19-9-7-14/h2-9H2,1H3,(H,17,18). The van der Waals surface area contributed by atoms with Crippen molar-refractivity contribution in [1.29, 1.82) is 0 Å². The molecule has 0 aromatic rings. The lowest BCUT2D eigenvalue weighted by molar-refractivity contribution is -0.140. The second-order valence-corrected chi connectivity index (χ2v) is 4.45. The van der Waals surface area contributed by atoms with Gasteiger partial charge in [0.25, 0.3) is 0 Å². The number of rotatable bonds is 6. The Hall–Kier alpha value is -1.63. The van der Waals surface area contributed by atoms with Crippen LogP contribution in [0, 0.1) is 0 Å². The van der Waals surface area contributed by atoms with Crippen LogP contribution >= 0.6 is 0 Å². The summed E-state index contributed by atoms with van der Waals surface area (Å²) in [7, 11) is 1.55. The number of hydrogen-bond donors (Lipinski definition) is 1. The third kappa shape index (κ3) is 5.69. The number of carbonyl (C=O) groups is 3. The molecular weight excluding hydrogens is 252 g/mol. The van der Waals surface area contributed by atoms with E-state index in [2.05, 4.69) is 0 Å². The number of hydrogen-bond acceptors (Lipinski definition) is 4. The highest BCUT2D eigenvalue weighted by Gasteiger charge is 2.18. The van der Waals surface area contributed by atoms with E-state index in [1.807, 2.05) is 0 Å². The Balaban J connectivity index is 2.24. The molecule has 1 rings (SSSR count). The Morgan fingerprint density at radius 1 is 1.16 bits per heavy atom. The van der Waals surface area contributed by atoms with E-state index in [-0.39, 0.29) is 37.6 Å². The first-order chi connectivity index (χ1) is 9.00. The molecule has 0 aromatic carbocycles. The van der Waals surface area contributed by atoms with Crippen LogP contribution in [0.5, 0.6) is 0 Å². The van der Waals surface area contributed by atoms with Gasteiger partial charge in [0, 0.05) is 39.5 Å². The Morgan fingerprint density at radius 2 is 1.79 bits per heavy atom. The Labute approximate surface area is 112 Å². The molecule has 1 saturated heterocycles. The fourth-order valence-electron chi connectivity index (χ4n) is 1.76. The highest BCUT2D eigenvalue weighted by Crippen LogP contribution is 2.04. The maximum Gasteiger partial charge on any atom is 0.305 e. The number of amides is 2. The maximum atomic E-state index is 11.8. The summed E-state index contributed by atoms with van der Waals surface area (Å²) < 4.78 is 5.14. The molecule has 0 aromatic heterocycles. The summed E-state index contributed by atoms with van der Waals surface area (Å²) in [4.78, 5) is 36.9. The van der Waals surface area contributed by atoms with E-state index in [1.54, 1.807) is 11.9 Å². The van der Waals surface area contributed by atoms with Crippen molar-refractivity contribution in [3.05, 3.63) is 0 Å². The number of carboxylic acids is 1. The van der Waals surface area contributed by atoms with E-state index in [4.69, 9.17) is 9.84 Å². The Bertz CT molecular complexity index is 339. The molecule has 1 fully saturated rings. The molecule has 0 atom stereocenters. The highest BCUT2D eigenvalue weighted by molar-refractivity contribution is 5.84. The molecule has 0 bridgehead atoms. The fraction of sp³-hybridized carbons (Fsp3) is 0.750. The molecular formula is C12H20N2O5. The molecule has 108 valence electrons. The zero-order chi connectivity index (χ0) is 14.3. The number of carboxylic acid groups (broad SMARTS) is 1. The second kappa shape index (κ2) is 7.73. The third-order valence-corrected chi connectivity index (χ3v) is 3.00. The van der Waals surface area contributed by atoms with Crippen molar-refractivity contribution in [2.24, 2.45) is 0 Å². The molecule has 1 heterocycles. The minimum Gasteiger partial charge on any atom is -0.481 e. The topological polar surface area (TPSA) is 87.2 Å². The van der Waals surface area contributed by atoms with Gasteiger partial charge in [0.15, 0.2) is 0 Å². The predicted molar refractivity (Wildman–Crippen MR) is 66.5 cm³/mol. The van der Waals surface area contributed by atoms with Gasteiger partial charge < -0.3 is 19.6 Å². The average molecular weight is 272 g/mol. The Morgan fingerprint density at radius 3 is 2.37 bits per heavy atom. The molecule has 7 nitrogen and oxygen atoms in total. The first kappa shape index (κ1) is 15.4. The molecule has 1 aliphatic heterocycles. The molecule has 19 heavy (non-hydrogen) atoms. The van der Waals surface area contributed by atoms with Crippen LogP contribution in [0.15, 0.2) is 0 Å². The summed E-state index contributed by atoms with van der Waals surface area (Å²) in [6, 6.07) is 0. The van der Waals surface area contributed by atoms with Crippen molar-refractivity contribution in [3.63, 3.8) is 0 Å². The third-order valence-electron chi connectivity index (χ3n) is 3.00. The van der Waals surface area contributed by atoms with E-state index >= 15 is 0 Å². The summed E-state index contributed by atoms with van der Waals surface area (Å²) in [5.74, 6) is -1.20. The van der Waals surface area contributed by atoms with Crippen molar-refractivity contribution in [1.82, 2.24) is 9.80 Å². The van der Waals surface area contributed by atoms with Gasteiger partial charge in [-0.3, -0.25) is 14.4 Å². The van der Waals surface area contributed by atoms with E-state index in [0.717, 1.165) is 0 Å². The van der Waals surface area contributed by atoms with Crippen molar-refractivity contribution < 1.29 is 24.2 Å². The summed E-state index contributed by atoms with van der Waals surface area (Å²) >= 11 is 0. The monoisotopic (exact) mass is 272 g/mol. The van der Waals surface area contributed by atoms with Gasteiger partial charge in [-0.1, -0.05) is 0 Å². The summed E-state index contributed by atoms with van der Waals surface area (Å²) in [5, 5.41) is 8.52. The van der Waals surface area contributed by atoms with Crippen LogP contribution in [0.25, 0.3) is 0 Å². The van der Waals surface area contributed by atoms with E-state index in [9.17, 15) is 14.4 Å². The molecule has 0 radical (unpaired) electrons. The number of aliphatic carboxylic acids is 1. The quantitative estimate of drug-likeness (QED) is 0.708. The van der Waals surface area contributed by atoms with Crippen LogP contribution in [-0.4, -0.2) is 72.6 Å². The van der Waals surface area contributed by atoms with Gasteiger partial charge >= 0.3 is 5.97 Å². The number of carbonyl (C=O) groups excluding carboxylic acids is 2. The minimum atomic E-state index is -0.941. The lowest BCUT2D eigenvalue weighted by Crippen LogP contribution is -2.41. The van der Waals surface area contributed by atoms with E-state index in [1.165, 1.54) is 4.90 Å². The number of morpholine rings is 1. The minimum absolute atomic E-state index is 0.0525. The summed E-state index contributed by atoms with van der Waals surface area (Å²) in [6.45, 7) is 2.39. The smallest absolute Gasteiger partial charge is 0.305 e. The predicted octanol–water partition coefficient (Wildman–Crippen LogP) is -0.441. The molecule has 7 heteroatoms. The van der Waals surface area contributed by atoms with Gasteiger partial charge in [-0.05, 0) is 0 Å². The van der Waals surface area contributed by atoms with Gasteiger partial charge in [0.05, 0.1) is 19.6 Å². The second-order valence-electron chi connectivity index (χ2n) is 4.45. The summed E-state index contributed by atoms with van der Waals surface area (Å²) in [5.41, 5.74) is 0. The zero-order valence-electron chi connectivity index (χ0n) is 11.1. The van der Waals surface area contributed by atoms with E-state index in [0.29, 0.717) is 26.3 Å². The lowest BCUT2D eigenvalue weighted by Gasteiger charge is -2.27. The van der Waals surface area contributed by atoms with E-state index < -0.39 is 5.97 Å². The van der Waals surface area contributed by atoms with Crippen molar-refractivity contribution in [3.8, 4) is 0 Å². The van der Waals surface area contributed by atoms with Crippen LogP contribution in [0.3, 0.4) is 0 Å². The van der Waals surface area contributed by atoms with Crippen LogP contribution in [0.1, 0.15) is 19.3 Å². The Kier molecular flexibility index (Phi) is 6.27. The van der Waals surface area contributed by atoms with Gasteiger partial charge in [-0.15, -0.1) is 0 Å². The van der Waals surface area contributed by atoms with Crippen molar-refractivity contribution >= 4 is 17.8 Å². The van der Waals surface area contributed by atoms with Gasteiger partial charge in [0.1, 0.15) is 0 Å². The lowest BCUT2D eigenvalue weighted by atomic mass is 10.2. The molecule has 0 spiro atoms. The fourth-order valence-corrected chi connectivity index (χ4v) is 1.76.